The zero-order chi connectivity index (χ0) is 17.5. The van der Waals surface area contributed by atoms with Crippen LogP contribution in [-0.4, -0.2) is 22.2 Å². The van der Waals surface area contributed by atoms with E-state index in [0.717, 1.165) is 44.9 Å². The van der Waals surface area contributed by atoms with E-state index in [1.807, 2.05) is 13.8 Å². The van der Waals surface area contributed by atoms with E-state index < -0.39 is 22.8 Å². The van der Waals surface area contributed by atoms with Crippen LogP contribution in [0.25, 0.3) is 0 Å². The number of rotatable bonds is 10. The normalized spacial score (nSPS) is 28.0. The Morgan fingerprint density at radius 1 is 0.913 bits per heavy atom. The average Bonchev–Trinajstić information content (AvgIpc) is 2.47. The monoisotopic (exact) mass is 326 g/mol. The Labute approximate surface area is 140 Å². The number of carboxylic acid groups (broad SMARTS) is 2. The molecule has 1 rings (SSSR count). The van der Waals surface area contributed by atoms with E-state index in [-0.39, 0.29) is 5.92 Å². The minimum atomic E-state index is -1.10. The third-order valence-electron chi connectivity index (χ3n) is 5.66. The van der Waals surface area contributed by atoms with E-state index in [9.17, 15) is 19.8 Å². The summed E-state index contributed by atoms with van der Waals surface area (Å²) >= 11 is 0. The summed E-state index contributed by atoms with van der Waals surface area (Å²) in [6.07, 6.45) is 8.87. The maximum Gasteiger partial charge on any atom is 0.310 e. The largest absolute Gasteiger partial charge is 0.481 e. The van der Waals surface area contributed by atoms with Gasteiger partial charge in [-0.25, -0.2) is 0 Å². The zero-order valence-electron chi connectivity index (χ0n) is 15.1. The lowest BCUT2D eigenvalue weighted by Crippen LogP contribution is -2.55. The van der Waals surface area contributed by atoms with Crippen molar-refractivity contribution >= 4 is 11.9 Å². The molecule has 4 nitrogen and oxygen atoms in total. The summed E-state index contributed by atoms with van der Waals surface area (Å²) in [5.41, 5.74) is -2.19. The number of aliphatic carboxylic acids is 2. The topological polar surface area (TPSA) is 74.6 Å². The van der Waals surface area contributed by atoms with E-state index in [0.29, 0.717) is 25.7 Å². The molecule has 134 valence electrons. The minimum Gasteiger partial charge on any atom is -0.481 e. The van der Waals surface area contributed by atoms with Crippen molar-refractivity contribution < 1.29 is 19.8 Å². The number of unbranched alkanes of at least 4 members (excludes halogenated alkanes) is 4. The lowest BCUT2D eigenvalue weighted by molar-refractivity contribution is -0.183. The molecule has 1 aliphatic rings. The average molecular weight is 326 g/mol. The van der Waals surface area contributed by atoms with Crippen molar-refractivity contribution in [3.8, 4) is 0 Å². The molecule has 0 aromatic heterocycles. The smallest absolute Gasteiger partial charge is 0.310 e. The second kappa shape index (κ2) is 8.70. The number of carbonyl (C=O) groups is 2. The molecule has 0 aromatic carbocycles. The van der Waals surface area contributed by atoms with Crippen LogP contribution >= 0.6 is 0 Å². The highest BCUT2D eigenvalue weighted by molar-refractivity contribution is 5.87. The third-order valence-corrected chi connectivity index (χ3v) is 5.66. The van der Waals surface area contributed by atoms with Crippen LogP contribution in [0.2, 0.25) is 0 Å². The van der Waals surface area contributed by atoms with Crippen molar-refractivity contribution in [2.45, 2.75) is 91.4 Å². The van der Waals surface area contributed by atoms with Crippen LogP contribution < -0.4 is 0 Å². The molecule has 1 saturated carbocycles. The highest BCUT2D eigenvalue weighted by Crippen LogP contribution is 2.57. The Balaban J connectivity index is 3.05. The summed E-state index contributed by atoms with van der Waals surface area (Å²) in [4.78, 5) is 24.4. The van der Waals surface area contributed by atoms with Crippen molar-refractivity contribution in [1.29, 1.82) is 0 Å². The molecule has 4 heteroatoms. The zero-order valence-corrected chi connectivity index (χ0v) is 15.1. The molecule has 0 aromatic rings. The fourth-order valence-corrected chi connectivity index (χ4v) is 4.54. The Hall–Kier alpha value is -1.06. The van der Waals surface area contributed by atoms with Crippen LogP contribution in [0.15, 0.2) is 0 Å². The predicted molar refractivity (Wildman–Crippen MR) is 91.4 cm³/mol. The van der Waals surface area contributed by atoms with Crippen LogP contribution in [0.4, 0.5) is 0 Å². The van der Waals surface area contributed by atoms with E-state index in [4.69, 9.17) is 0 Å². The molecule has 0 bridgehead atoms. The van der Waals surface area contributed by atoms with Gasteiger partial charge in [-0.15, -0.1) is 0 Å². The van der Waals surface area contributed by atoms with Gasteiger partial charge in [0.1, 0.15) is 0 Å². The van der Waals surface area contributed by atoms with Gasteiger partial charge in [0.2, 0.25) is 0 Å². The van der Waals surface area contributed by atoms with Gasteiger partial charge < -0.3 is 10.2 Å². The van der Waals surface area contributed by atoms with Gasteiger partial charge >= 0.3 is 11.9 Å². The molecule has 1 aliphatic carbocycles. The summed E-state index contributed by atoms with van der Waals surface area (Å²) in [5.74, 6) is -1.61. The minimum absolute atomic E-state index is 0.183. The van der Waals surface area contributed by atoms with Crippen LogP contribution in [0, 0.1) is 16.7 Å². The van der Waals surface area contributed by atoms with E-state index >= 15 is 0 Å². The van der Waals surface area contributed by atoms with Crippen molar-refractivity contribution in [2.75, 3.05) is 0 Å². The van der Waals surface area contributed by atoms with Crippen molar-refractivity contribution in [2.24, 2.45) is 16.7 Å². The molecule has 23 heavy (non-hydrogen) atoms. The lowest BCUT2D eigenvalue weighted by atomic mass is 9.51. The first-order valence-corrected chi connectivity index (χ1v) is 9.29. The number of hydrogen-bond donors (Lipinski definition) is 2. The summed E-state index contributed by atoms with van der Waals surface area (Å²) < 4.78 is 0. The molecule has 0 aliphatic heterocycles. The third kappa shape index (κ3) is 4.27. The molecule has 0 amide bonds. The second-order valence-corrected chi connectivity index (χ2v) is 7.74. The van der Waals surface area contributed by atoms with Gasteiger partial charge in [0.15, 0.2) is 0 Å². The van der Waals surface area contributed by atoms with Gasteiger partial charge in [0.05, 0.1) is 10.8 Å². The van der Waals surface area contributed by atoms with E-state index in [1.165, 1.54) is 0 Å². The van der Waals surface area contributed by atoms with E-state index in [2.05, 4.69) is 6.92 Å². The van der Waals surface area contributed by atoms with Gasteiger partial charge in [0, 0.05) is 0 Å². The van der Waals surface area contributed by atoms with Crippen LogP contribution in [-0.2, 0) is 9.59 Å². The standard InChI is InChI=1S/C19H34O4/c1-4-5-6-7-8-11-18(16(20)21)12-9-10-13-19(18,17(22)23)14-15(2)3/h15H,4-14H2,1-3H3,(H,20,21)(H,22,23). The molecular formula is C19H34O4. The lowest BCUT2D eigenvalue weighted by Gasteiger charge is -2.49. The quantitative estimate of drug-likeness (QED) is 0.547. The first-order valence-electron chi connectivity index (χ1n) is 9.29. The summed E-state index contributed by atoms with van der Waals surface area (Å²) in [6, 6.07) is 0. The van der Waals surface area contributed by atoms with Gasteiger partial charge in [-0.05, 0) is 31.6 Å². The van der Waals surface area contributed by atoms with Crippen LogP contribution in [0.1, 0.15) is 91.4 Å². The maximum atomic E-state index is 12.2. The van der Waals surface area contributed by atoms with E-state index in [1.54, 1.807) is 0 Å². The van der Waals surface area contributed by atoms with Gasteiger partial charge in [-0.3, -0.25) is 9.59 Å². The summed E-state index contributed by atoms with van der Waals surface area (Å²) in [6.45, 7) is 6.14. The molecule has 0 saturated heterocycles. The fraction of sp³-hybridized carbons (Fsp3) is 0.895. The van der Waals surface area contributed by atoms with Crippen molar-refractivity contribution in [3.05, 3.63) is 0 Å². The van der Waals surface area contributed by atoms with Crippen molar-refractivity contribution in [3.63, 3.8) is 0 Å². The van der Waals surface area contributed by atoms with Gasteiger partial charge in [0.25, 0.3) is 0 Å². The predicted octanol–water partition coefficient (Wildman–Crippen LogP) is 5.11. The molecule has 1 fully saturated rings. The molecule has 2 N–H and O–H groups in total. The SMILES string of the molecule is CCCCCCCC1(C(=O)O)CCCCC1(CC(C)C)C(=O)O. The Bertz CT molecular complexity index is 404. The molecule has 0 heterocycles. The highest BCUT2D eigenvalue weighted by Gasteiger charge is 2.61. The molecule has 2 atom stereocenters. The highest BCUT2D eigenvalue weighted by atomic mass is 16.4. The first-order chi connectivity index (χ1) is 10.8. The Kier molecular flexibility index (Phi) is 7.56. The van der Waals surface area contributed by atoms with Crippen molar-refractivity contribution in [1.82, 2.24) is 0 Å². The number of hydrogen-bond acceptors (Lipinski definition) is 2. The second-order valence-electron chi connectivity index (χ2n) is 7.74. The molecule has 0 spiro atoms. The first kappa shape index (κ1) is 20.0. The van der Waals surface area contributed by atoms with Crippen LogP contribution in [0.3, 0.4) is 0 Å². The Morgan fingerprint density at radius 2 is 1.43 bits per heavy atom. The molecule has 2 unspecified atom stereocenters. The molecular weight excluding hydrogens is 292 g/mol. The number of carboxylic acids is 2. The van der Waals surface area contributed by atoms with Crippen LogP contribution in [0.5, 0.6) is 0 Å². The maximum absolute atomic E-state index is 12.2. The summed E-state index contributed by atoms with van der Waals surface area (Å²) in [5, 5.41) is 20.0. The van der Waals surface area contributed by atoms with Gasteiger partial charge in [-0.1, -0.05) is 65.7 Å². The Morgan fingerprint density at radius 3 is 1.91 bits per heavy atom. The molecule has 0 radical (unpaired) electrons. The van der Waals surface area contributed by atoms with Gasteiger partial charge in [-0.2, -0.15) is 0 Å². The summed E-state index contributed by atoms with van der Waals surface area (Å²) in [7, 11) is 0. The fourth-order valence-electron chi connectivity index (χ4n) is 4.54.